The van der Waals surface area contributed by atoms with E-state index in [9.17, 15) is 4.79 Å². The van der Waals surface area contributed by atoms with Gasteiger partial charge in [-0.2, -0.15) is 0 Å². The number of hydrogen-bond acceptors (Lipinski definition) is 1. The van der Waals surface area contributed by atoms with Crippen LogP contribution in [0.25, 0.3) is 6.08 Å². The molecule has 1 aromatic carbocycles. The van der Waals surface area contributed by atoms with Crippen molar-refractivity contribution >= 4 is 43.9 Å². The molecule has 0 atom stereocenters. The number of aryl methyl sites for hydroxylation is 1. The van der Waals surface area contributed by atoms with Gasteiger partial charge < -0.3 is 5.11 Å². The molecule has 86 valence electrons. The normalized spacial score (nSPS) is 10.9. The Bertz CT molecular complexity index is 400. The molecule has 1 rings (SSSR count). The molecule has 0 aliphatic carbocycles. The van der Waals surface area contributed by atoms with Gasteiger partial charge in [-0.05, 0) is 36.1 Å². The van der Waals surface area contributed by atoms with Gasteiger partial charge in [0.25, 0.3) is 0 Å². The number of carboxylic acid groups (broad SMARTS) is 1. The Labute approximate surface area is 112 Å². The van der Waals surface area contributed by atoms with Gasteiger partial charge in [0.05, 0.1) is 0 Å². The Morgan fingerprint density at radius 1 is 1.44 bits per heavy atom. The summed E-state index contributed by atoms with van der Waals surface area (Å²) in [6, 6.07) is 5.98. The fraction of sp³-hybridized carbons (Fsp3) is 0.250. The topological polar surface area (TPSA) is 37.3 Å². The van der Waals surface area contributed by atoms with Crippen molar-refractivity contribution in [2.45, 2.75) is 12.8 Å². The van der Waals surface area contributed by atoms with E-state index in [-0.39, 0.29) is 0 Å². The van der Waals surface area contributed by atoms with Gasteiger partial charge in [-0.15, -0.1) is 0 Å². The molecule has 0 saturated heterocycles. The number of hydrogen-bond donors (Lipinski definition) is 1. The SMILES string of the molecule is O=C(O)C=Cc1ccc(CCCBr)cc1Br. The molecule has 2 nitrogen and oxygen atoms in total. The number of carbonyl (C=O) groups is 1. The zero-order valence-electron chi connectivity index (χ0n) is 8.62. The summed E-state index contributed by atoms with van der Waals surface area (Å²) in [6.07, 6.45) is 4.84. The number of rotatable bonds is 5. The third-order valence-electron chi connectivity index (χ3n) is 2.07. The predicted octanol–water partition coefficient (Wildman–Crippen LogP) is 3.87. The minimum Gasteiger partial charge on any atom is -0.478 e. The van der Waals surface area contributed by atoms with Gasteiger partial charge in [0, 0.05) is 15.9 Å². The Hall–Kier alpha value is -0.610. The zero-order chi connectivity index (χ0) is 12.0. The molecule has 0 heterocycles. The molecular weight excluding hydrogens is 336 g/mol. The van der Waals surface area contributed by atoms with Crippen molar-refractivity contribution in [3.05, 3.63) is 39.9 Å². The second-order valence-corrected chi connectivity index (χ2v) is 4.97. The van der Waals surface area contributed by atoms with Crippen LogP contribution in [0.4, 0.5) is 0 Å². The smallest absolute Gasteiger partial charge is 0.328 e. The fourth-order valence-corrected chi connectivity index (χ4v) is 2.13. The average Bonchev–Trinajstić information content (AvgIpc) is 2.24. The first-order chi connectivity index (χ1) is 7.63. The second kappa shape index (κ2) is 6.86. The monoisotopic (exact) mass is 346 g/mol. The predicted molar refractivity (Wildman–Crippen MR) is 72.9 cm³/mol. The van der Waals surface area contributed by atoms with Crippen molar-refractivity contribution in [3.8, 4) is 0 Å². The van der Waals surface area contributed by atoms with Crippen LogP contribution in [-0.2, 0) is 11.2 Å². The van der Waals surface area contributed by atoms with Crippen molar-refractivity contribution in [2.24, 2.45) is 0 Å². The lowest BCUT2D eigenvalue weighted by atomic mass is 10.1. The molecule has 1 aromatic rings. The molecule has 0 amide bonds. The maximum absolute atomic E-state index is 10.4. The van der Waals surface area contributed by atoms with Crippen LogP contribution in [0.5, 0.6) is 0 Å². The van der Waals surface area contributed by atoms with E-state index in [4.69, 9.17) is 5.11 Å². The van der Waals surface area contributed by atoms with Crippen LogP contribution in [0.3, 0.4) is 0 Å². The van der Waals surface area contributed by atoms with Crippen LogP contribution in [0, 0.1) is 0 Å². The van der Waals surface area contributed by atoms with Gasteiger partial charge >= 0.3 is 5.97 Å². The van der Waals surface area contributed by atoms with Crippen molar-refractivity contribution in [3.63, 3.8) is 0 Å². The molecule has 0 aliphatic rings. The average molecular weight is 348 g/mol. The van der Waals surface area contributed by atoms with Crippen LogP contribution in [0.15, 0.2) is 28.7 Å². The third-order valence-corrected chi connectivity index (χ3v) is 3.32. The van der Waals surface area contributed by atoms with Crippen molar-refractivity contribution in [2.75, 3.05) is 5.33 Å². The highest BCUT2D eigenvalue weighted by Gasteiger charge is 1.99. The van der Waals surface area contributed by atoms with Crippen LogP contribution in [0.2, 0.25) is 0 Å². The second-order valence-electron chi connectivity index (χ2n) is 3.32. The van der Waals surface area contributed by atoms with Gasteiger partial charge in [-0.3, -0.25) is 0 Å². The molecule has 0 fully saturated rings. The van der Waals surface area contributed by atoms with E-state index >= 15 is 0 Å². The van der Waals surface area contributed by atoms with E-state index in [1.54, 1.807) is 6.08 Å². The van der Waals surface area contributed by atoms with Crippen molar-refractivity contribution in [1.82, 2.24) is 0 Å². The molecule has 4 heteroatoms. The Morgan fingerprint density at radius 2 is 2.19 bits per heavy atom. The highest BCUT2D eigenvalue weighted by atomic mass is 79.9. The Morgan fingerprint density at radius 3 is 2.75 bits per heavy atom. The van der Waals surface area contributed by atoms with E-state index in [1.165, 1.54) is 5.56 Å². The van der Waals surface area contributed by atoms with E-state index in [0.29, 0.717) is 0 Å². The largest absolute Gasteiger partial charge is 0.478 e. The van der Waals surface area contributed by atoms with Gasteiger partial charge in [0.2, 0.25) is 0 Å². The third kappa shape index (κ3) is 4.49. The first kappa shape index (κ1) is 13.5. The maximum atomic E-state index is 10.4. The first-order valence-electron chi connectivity index (χ1n) is 4.89. The highest BCUT2D eigenvalue weighted by Crippen LogP contribution is 2.21. The summed E-state index contributed by atoms with van der Waals surface area (Å²) >= 11 is 6.83. The standard InChI is InChI=1S/C12H12Br2O2/c13-7-1-2-9-3-4-10(11(14)8-9)5-6-12(15)16/h3-6,8H,1-2,7H2,(H,15,16). The summed E-state index contributed by atoms with van der Waals surface area (Å²) in [7, 11) is 0. The molecule has 1 N–H and O–H groups in total. The number of benzene rings is 1. The molecule has 0 aliphatic heterocycles. The number of halogens is 2. The quantitative estimate of drug-likeness (QED) is 0.648. The van der Waals surface area contributed by atoms with Gasteiger partial charge in [-0.25, -0.2) is 4.79 Å². The molecule has 0 aromatic heterocycles. The van der Waals surface area contributed by atoms with Crippen LogP contribution in [-0.4, -0.2) is 16.4 Å². The summed E-state index contributed by atoms with van der Waals surface area (Å²) in [5, 5.41) is 9.52. The molecule has 16 heavy (non-hydrogen) atoms. The van der Waals surface area contributed by atoms with Gasteiger partial charge in [-0.1, -0.05) is 44.0 Å². The number of aliphatic carboxylic acids is 1. The summed E-state index contributed by atoms with van der Waals surface area (Å²) in [4.78, 5) is 10.4. The summed E-state index contributed by atoms with van der Waals surface area (Å²) < 4.78 is 0.928. The van der Waals surface area contributed by atoms with E-state index in [1.807, 2.05) is 18.2 Å². The fourth-order valence-electron chi connectivity index (χ4n) is 1.29. The lowest BCUT2D eigenvalue weighted by Crippen LogP contribution is -1.89. The number of alkyl halides is 1. The molecule has 0 radical (unpaired) electrons. The molecular formula is C12H12Br2O2. The summed E-state index contributed by atoms with van der Waals surface area (Å²) in [6.45, 7) is 0. The Kier molecular flexibility index (Phi) is 5.77. The Balaban J connectivity index is 2.79. The van der Waals surface area contributed by atoms with Gasteiger partial charge in [0.15, 0.2) is 0 Å². The molecule has 0 saturated carbocycles. The maximum Gasteiger partial charge on any atom is 0.328 e. The van der Waals surface area contributed by atoms with Crippen LogP contribution < -0.4 is 0 Å². The van der Waals surface area contributed by atoms with E-state index in [2.05, 4.69) is 31.9 Å². The van der Waals surface area contributed by atoms with Crippen molar-refractivity contribution < 1.29 is 9.90 Å². The molecule has 0 bridgehead atoms. The van der Waals surface area contributed by atoms with Crippen molar-refractivity contribution in [1.29, 1.82) is 0 Å². The molecule has 0 unspecified atom stereocenters. The minimum absolute atomic E-state index is 0.880. The summed E-state index contributed by atoms with van der Waals surface area (Å²) in [5.74, 6) is -0.935. The van der Waals surface area contributed by atoms with E-state index in [0.717, 1.165) is 34.3 Å². The number of carboxylic acids is 1. The van der Waals surface area contributed by atoms with Crippen LogP contribution in [0.1, 0.15) is 17.5 Å². The summed E-state index contributed by atoms with van der Waals surface area (Å²) in [5.41, 5.74) is 2.13. The lowest BCUT2D eigenvalue weighted by molar-refractivity contribution is -0.131. The molecule has 0 spiro atoms. The first-order valence-corrected chi connectivity index (χ1v) is 6.80. The lowest BCUT2D eigenvalue weighted by Gasteiger charge is -2.03. The minimum atomic E-state index is -0.935. The van der Waals surface area contributed by atoms with Crippen LogP contribution >= 0.6 is 31.9 Å². The highest BCUT2D eigenvalue weighted by molar-refractivity contribution is 9.10. The van der Waals surface area contributed by atoms with E-state index < -0.39 is 5.97 Å². The zero-order valence-corrected chi connectivity index (χ0v) is 11.8. The van der Waals surface area contributed by atoms with Gasteiger partial charge in [0.1, 0.15) is 0 Å².